The molecule has 0 heterocycles. The van der Waals surface area contributed by atoms with Gasteiger partial charge in [-0.3, -0.25) is 4.79 Å². The number of rotatable bonds is 3. The van der Waals surface area contributed by atoms with Gasteiger partial charge >= 0.3 is 8.80 Å². The molecule has 11 heavy (non-hydrogen) atoms. The van der Waals surface area contributed by atoms with E-state index < -0.39 is 8.80 Å². The van der Waals surface area contributed by atoms with Crippen LogP contribution in [0.1, 0.15) is 6.92 Å². The van der Waals surface area contributed by atoms with E-state index in [9.17, 15) is 4.79 Å². The summed E-state index contributed by atoms with van der Waals surface area (Å²) in [7, 11) is 0.304. The third kappa shape index (κ3) is 6.41. The summed E-state index contributed by atoms with van der Waals surface area (Å²) < 4.78 is 14.5. The van der Waals surface area contributed by atoms with Crippen molar-refractivity contribution in [3.05, 3.63) is 0 Å². The number of carbonyl (C=O) groups is 1. The molecular formula is C5H12KO4Si. The zero-order valence-electron chi connectivity index (χ0n) is 7.63. The van der Waals surface area contributed by atoms with Crippen LogP contribution in [0.4, 0.5) is 0 Å². The SMILES string of the molecule is CO[Si](C)(OC)OC(C)=O.[K]. The summed E-state index contributed by atoms with van der Waals surface area (Å²) >= 11 is 0. The van der Waals surface area contributed by atoms with Gasteiger partial charge in [0.2, 0.25) is 0 Å². The Labute approximate surface area is 110 Å². The molecule has 0 aliphatic carbocycles. The van der Waals surface area contributed by atoms with E-state index in [0.717, 1.165) is 0 Å². The number of hydrogen-bond acceptors (Lipinski definition) is 4. The normalized spacial score (nSPS) is 10.2. The average Bonchev–Trinajstić information content (AvgIpc) is 1.87. The minimum atomic E-state index is -2.61. The summed E-state index contributed by atoms with van der Waals surface area (Å²) in [6, 6.07) is 0. The first-order valence-electron chi connectivity index (χ1n) is 2.84. The van der Waals surface area contributed by atoms with Crippen LogP contribution >= 0.6 is 0 Å². The summed E-state index contributed by atoms with van der Waals surface area (Å²) in [6.45, 7) is 2.97. The second-order valence-electron chi connectivity index (χ2n) is 1.86. The van der Waals surface area contributed by atoms with E-state index in [0.29, 0.717) is 0 Å². The molecule has 0 bridgehead atoms. The minimum Gasteiger partial charge on any atom is -0.474 e. The maximum absolute atomic E-state index is 10.4. The topological polar surface area (TPSA) is 44.8 Å². The van der Waals surface area contributed by atoms with Crippen LogP contribution in [-0.2, 0) is 18.1 Å². The Morgan fingerprint density at radius 1 is 1.27 bits per heavy atom. The van der Waals surface area contributed by atoms with Crippen molar-refractivity contribution in [1.29, 1.82) is 0 Å². The van der Waals surface area contributed by atoms with Gasteiger partial charge in [0.05, 0.1) is 0 Å². The molecule has 1 radical (unpaired) electrons. The van der Waals surface area contributed by atoms with Gasteiger partial charge in [-0.05, 0) is 0 Å². The van der Waals surface area contributed by atoms with Crippen LogP contribution in [0, 0.1) is 0 Å². The third-order valence-corrected chi connectivity index (χ3v) is 3.21. The Balaban J connectivity index is 0. The summed E-state index contributed by atoms with van der Waals surface area (Å²) in [5.74, 6) is -0.377. The molecule has 0 aromatic heterocycles. The fourth-order valence-corrected chi connectivity index (χ4v) is 1.28. The molecule has 0 spiro atoms. The van der Waals surface area contributed by atoms with Gasteiger partial charge in [0.25, 0.3) is 5.97 Å². The summed E-state index contributed by atoms with van der Waals surface area (Å²) in [5.41, 5.74) is 0. The van der Waals surface area contributed by atoms with Crippen molar-refractivity contribution in [2.24, 2.45) is 0 Å². The van der Waals surface area contributed by atoms with Gasteiger partial charge in [-0.2, -0.15) is 0 Å². The van der Waals surface area contributed by atoms with Gasteiger partial charge in [0.15, 0.2) is 0 Å². The molecule has 0 unspecified atom stereocenters. The Hall–Kier alpha value is 1.24. The second kappa shape index (κ2) is 6.73. The molecule has 0 amide bonds. The van der Waals surface area contributed by atoms with Gasteiger partial charge in [-0.15, -0.1) is 0 Å². The zero-order chi connectivity index (χ0) is 8.20. The van der Waals surface area contributed by atoms with Crippen LogP contribution in [0.25, 0.3) is 0 Å². The maximum atomic E-state index is 10.4. The molecule has 0 fully saturated rings. The Bertz CT molecular complexity index is 126. The van der Waals surface area contributed by atoms with Crippen LogP contribution in [-0.4, -0.2) is 80.4 Å². The Morgan fingerprint density at radius 2 is 1.64 bits per heavy atom. The van der Waals surface area contributed by atoms with Crippen LogP contribution in [0.3, 0.4) is 0 Å². The molecule has 0 atom stereocenters. The molecule has 0 aromatic rings. The van der Waals surface area contributed by atoms with E-state index in [2.05, 4.69) is 0 Å². The van der Waals surface area contributed by atoms with Crippen LogP contribution in [0.5, 0.6) is 0 Å². The molecule has 0 aliphatic heterocycles. The van der Waals surface area contributed by atoms with E-state index in [1.807, 2.05) is 0 Å². The van der Waals surface area contributed by atoms with E-state index in [1.165, 1.54) is 21.1 Å². The van der Waals surface area contributed by atoms with Crippen LogP contribution < -0.4 is 0 Å². The maximum Gasteiger partial charge on any atom is 0.564 e. The monoisotopic (exact) mass is 203 g/mol. The van der Waals surface area contributed by atoms with Crippen molar-refractivity contribution in [1.82, 2.24) is 0 Å². The molecule has 4 nitrogen and oxygen atoms in total. The zero-order valence-corrected chi connectivity index (χ0v) is 11.8. The third-order valence-electron chi connectivity index (χ3n) is 1.07. The molecule has 0 saturated heterocycles. The van der Waals surface area contributed by atoms with Gasteiger partial charge in [0, 0.05) is 79.1 Å². The smallest absolute Gasteiger partial charge is 0.474 e. The molecule has 0 rings (SSSR count). The second-order valence-corrected chi connectivity index (χ2v) is 4.61. The predicted octanol–water partition coefficient (Wildman–Crippen LogP) is 0.0302. The van der Waals surface area contributed by atoms with Crippen molar-refractivity contribution in [3.8, 4) is 0 Å². The van der Waals surface area contributed by atoms with E-state index in [-0.39, 0.29) is 57.4 Å². The van der Waals surface area contributed by atoms with E-state index in [1.54, 1.807) is 6.55 Å². The van der Waals surface area contributed by atoms with Crippen molar-refractivity contribution in [2.75, 3.05) is 14.2 Å². The molecular weight excluding hydrogens is 191 g/mol. The molecule has 0 aromatic carbocycles. The van der Waals surface area contributed by atoms with Gasteiger partial charge < -0.3 is 13.3 Å². The summed E-state index contributed by atoms with van der Waals surface area (Å²) in [4.78, 5) is 10.4. The number of carbonyl (C=O) groups excluding carboxylic acids is 1. The van der Waals surface area contributed by atoms with Crippen molar-refractivity contribution in [2.45, 2.75) is 13.5 Å². The fourth-order valence-electron chi connectivity index (χ4n) is 0.428. The molecule has 0 aliphatic rings. The first-order chi connectivity index (χ1) is 4.54. The first-order valence-corrected chi connectivity index (χ1v) is 5.06. The van der Waals surface area contributed by atoms with Crippen molar-refractivity contribution in [3.63, 3.8) is 0 Å². The standard InChI is InChI=1S/C5H12O4Si.K/c1-5(6)9-10(4,7-2)8-3;/h1-4H3;. The van der Waals surface area contributed by atoms with Gasteiger partial charge in [-0.25, -0.2) is 0 Å². The Morgan fingerprint density at radius 3 is 1.73 bits per heavy atom. The average molecular weight is 203 g/mol. The minimum absolute atomic E-state index is 0. The van der Waals surface area contributed by atoms with Crippen molar-refractivity contribution < 1.29 is 18.1 Å². The van der Waals surface area contributed by atoms with Crippen LogP contribution in [0.15, 0.2) is 0 Å². The summed E-state index contributed by atoms with van der Waals surface area (Å²) in [6.07, 6.45) is 0. The Kier molecular flexibility index (Phi) is 9.02. The molecule has 6 heteroatoms. The quantitative estimate of drug-likeness (QED) is 0.607. The molecule has 0 N–H and O–H groups in total. The van der Waals surface area contributed by atoms with Gasteiger partial charge in [-0.1, -0.05) is 0 Å². The van der Waals surface area contributed by atoms with Gasteiger partial charge in [0.1, 0.15) is 0 Å². The number of hydrogen-bond donors (Lipinski definition) is 0. The van der Waals surface area contributed by atoms with E-state index >= 15 is 0 Å². The van der Waals surface area contributed by atoms with E-state index in [4.69, 9.17) is 13.3 Å². The largest absolute Gasteiger partial charge is 0.564 e. The first kappa shape index (κ1) is 14.8. The molecule has 61 valence electrons. The summed E-state index contributed by atoms with van der Waals surface area (Å²) in [5, 5.41) is 0. The molecule has 0 saturated carbocycles. The fraction of sp³-hybridized carbons (Fsp3) is 0.800. The predicted molar refractivity (Wildman–Crippen MR) is 43.2 cm³/mol. The van der Waals surface area contributed by atoms with Crippen molar-refractivity contribution >= 4 is 66.2 Å². The van der Waals surface area contributed by atoms with Crippen LogP contribution in [0.2, 0.25) is 6.55 Å².